The summed E-state index contributed by atoms with van der Waals surface area (Å²) in [5, 5.41) is 11.3. The molecule has 2 aromatic carbocycles. The van der Waals surface area contributed by atoms with E-state index in [1.807, 2.05) is 24.3 Å². The van der Waals surface area contributed by atoms with Crippen molar-refractivity contribution in [3.63, 3.8) is 0 Å². The summed E-state index contributed by atoms with van der Waals surface area (Å²) in [4.78, 5) is 34.0. The summed E-state index contributed by atoms with van der Waals surface area (Å²) in [7, 11) is 3.18. The van der Waals surface area contributed by atoms with Crippen LogP contribution in [0.2, 0.25) is 0 Å². The first-order valence-electron chi connectivity index (χ1n) is 10.8. The average molecular weight is 507 g/mol. The number of rotatable bonds is 9. The zero-order valence-electron chi connectivity index (χ0n) is 19.5. The lowest BCUT2D eigenvalue weighted by Gasteiger charge is -2.14. The molecule has 10 nitrogen and oxygen atoms in total. The Balaban J connectivity index is 1.50. The van der Waals surface area contributed by atoms with E-state index in [0.717, 1.165) is 17.5 Å². The van der Waals surface area contributed by atoms with E-state index < -0.39 is 4.92 Å². The quantitative estimate of drug-likeness (QED) is 0.225. The number of aliphatic imine (C=N–C) groups is 1. The average Bonchev–Trinajstić information content (AvgIpc) is 3.18. The number of hydrogen-bond acceptors (Lipinski definition) is 9. The minimum atomic E-state index is -0.523. The van der Waals surface area contributed by atoms with Gasteiger partial charge in [-0.2, -0.15) is 0 Å². The van der Waals surface area contributed by atoms with Gasteiger partial charge in [0.1, 0.15) is 17.7 Å². The molecule has 184 valence electrons. The van der Waals surface area contributed by atoms with E-state index in [1.165, 1.54) is 23.9 Å². The van der Waals surface area contributed by atoms with Crippen molar-refractivity contribution in [2.24, 2.45) is 4.99 Å². The number of aromatic nitrogens is 1. The molecule has 1 saturated heterocycles. The van der Waals surface area contributed by atoms with Gasteiger partial charge in [0.15, 0.2) is 5.17 Å². The summed E-state index contributed by atoms with van der Waals surface area (Å²) < 4.78 is 16.0. The molecule has 36 heavy (non-hydrogen) atoms. The highest BCUT2D eigenvalue weighted by Crippen LogP contribution is 2.34. The second-order valence-electron chi connectivity index (χ2n) is 7.44. The molecule has 1 fully saturated rings. The lowest BCUT2D eigenvalue weighted by Crippen LogP contribution is -2.32. The SMILES string of the molecule is COCCN1C(=O)/C(=C/c2ccc(Oc3ccc([N+](=O)[O-])cn3)cc2)SC1=Nc1ccc(OC)cc1. The van der Waals surface area contributed by atoms with Gasteiger partial charge in [-0.05, 0) is 59.8 Å². The van der Waals surface area contributed by atoms with E-state index in [9.17, 15) is 14.9 Å². The fourth-order valence-electron chi connectivity index (χ4n) is 3.18. The van der Waals surface area contributed by atoms with Crippen LogP contribution in [0.1, 0.15) is 5.56 Å². The van der Waals surface area contributed by atoms with Crippen LogP contribution in [-0.2, 0) is 9.53 Å². The van der Waals surface area contributed by atoms with Crippen LogP contribution in [0.4, 0.5) is 11.4 Å². The lowest BCUT2D eigenvalue weighted by molar-refractivity contribution is -0.385. The number of ether oxygens (including phenoxy) is 3. The van der Waals surface area contributed by atoms with Crippen molar-refractivity contribution in [3.05, 3.63) is 87.4 Å². The second kappa shape index (κ2) is 11.5. The van der Waals surface area contributed by atoms with E-state index in [4.69, 9.17) is 14.2 Å². The third-order valence-electron chi connectivity index (χ3n) is 5.04. The normalized spacial score (nSPS) is 15.5. The molecule has 3 aromatic rings. The molecule has 11 heteroatoms. The Morgan fingerprint density at radius 1 is 1.06 bits per heavy atom. The molecule has 0 bridgehead atoms. The number of carbonyl (C=O) groups is 1. The van der Waals surface area contributed by atoms with Crippen LogP contribution in [0, 0.1) is 10.1 Å². The largest absolute Gasteiger partial charge is 0.497 e. The van der Waals surface area contributed by atoms with Gasteiger partial charge in [0, 0.05) is 19.2 Å². The van der Waals surface area contributed by atoms with Crippen molar-refractivity contribution < 1.29 is 23.9 Å². The van der Waals surface area contributed by atoms with Gasteiger partial charge in [-0.1, -0.05) is 12.1 Å². The Morgan fingerprint density at radius 2 is 1.78 bits per heavy atom. The molecule has 1 aromatic heterocycles. The maximum absolute atomic E-state index is 13.1. The van der Waals surface area contributed by atoms with E-state index in [1.54, 1.807) is 49.5 Å². The zero-order chi connectivity index (χ0) is 25.5. The predicted molar refractivity (Wildman–Crippen MR) is 137 cm³/mol. The molecule has 4 rings (SSSR count). The van der Waals surface area contributed by atoms with Crippen molar-refractivity contribution in [2.75, 3.05) is 27.4 Å². The third-order valence-corrected chi connectivity index (χ3v) is 6.04. The maximum Gasteiger partial charge on any atom is 0.287 e. The molecular weight excluding hydrogens is 484 g/mol. The van der Waals surface area contributed by atoms with Gasteiger partial charge in [0.05, 0.1) is 35.8 Å². The van der Waals surface area contributed by atoms with Crippen LogP contribution in [0.25, 0.3) is 6.08 Å². The molecular formula is C25H22N4O6S. The van der Waals surface area contributed by atoms with Gasteiger partial charge in [0.2, 0.25) is 5.88 Å². The molecule has 0 unspecified atom stereocenters. The summed E-state index contributed by atoms with van der Waals surface area (Å²) >= 11 is 1.29. The van der Waals surface area contributed by atoms with E-state index >= 15 is 0 Å². The van der Waals surface area contributed by atoms with Gasteiger partial charge in [-0.15, -0.1) is 0 Å². The van der Waals surface area contributed by atoms with Crippen molar-refractivity contribution in [3.8, 4) is 17.4 Å². The fourth-order valence-corrected chi connectivity index (χ4v) is 4.21. The van der Waals surface area contributed by atoms with E-state index in [-0.39, 0.29) is 17.5 Å². The molecule has 0 N–H and O–H groups in total. The minimum absolute atomic E-state index is 0.113. The highest BCUT2D eigenvalue weighted by atomic mass is 32.2. The number of methoxy groups -OCH3 is 2. The fraction of sp³-hybridized carbons (Fsp3) is 0.160. The zero-order valence-corrected chi connectivity index (χ0v) is 20.3. The Labute approximate surface area is 211 Å². The molecule has 0 atom stereocenters. The van der Waals surface area contributed by atoms with Crippen LogP contribution in [0.15, 0.2) is 76.8 Å². The van der Waals surface area contributed by atoms with Crippen LogP contribution >= 0.6 is 11.8 Å². The monoisotopic (exact) mass is 506 g/mol. The Bertz CT molecular complexity index is 1290. The van der Waals surface area contributed by atoms with Crippen LogP contribution < -0.4 is 9.47 Å². The molecule has 0 aliphatic carbocycles. The number of benzene rings is 2. The number of nitrogens with zero attached hydrogens (tertiary/aromatic N) is 4. The van der Waals surface area contributed by atoms with Crippen molar-refractivity contribution in [1.82, 2.24) is 9.88 Å². The van der Waals surface area contributed by atoms with Crippen LogP contribution in [0.3, 0.4) is 0 Å². The number of amidine groups is 1. The first-order chi connectivity index (χ1) is 17.5. The standard InChI is InChI=1S/C25H22N4O6S/c1-33-14-13-28-24(30)22(36-25(28)27-18-5-10-20(34-2)11-6-18)15-17-3-8-21(9-4-17)35-23-12-7-19(16-26-23)29(31)32/h3-12,15-16H,13-14H2,1-2H3/b22-15-,27-25?. The molecule has 2 heterocycles. The van der Waals surface area contributed by atoms with Crippen molar-refractivity contribution >= 4 is 40.3 Å². The minimum Gasteiger partial charge on any atom is -0.497 e. The molecule has 0 saturated carbocycles. The number of carbonyl (C=O) groups excluding carboxylic acids is 1. The summed E-state index contributed by atoms with van der Waals surface area (Å²) in [5.74, 6) is 1.32. The van der Waals surface area contributed by atoms with E-state index in [0.29, 0.717) is 34.7 Å². The number of thioether (sulfide) groups is 1. The maximum atomic E-state index is 13.1. The number of pyridine rings is 1. The summed E-state index contributed by atoms with van der Waals surface area (Å²) in [5.41, 5.74) is 1.39. The molecule has 1 aliphatic heterocycles. The van der Waals surface area contributed by atoms with Gasteiger partial charge >= 0.3 is 0 Å². The molecule has 0 spiro atoms. The van der Waals surface area contributed by atoms with E-state index in [2.05, 4.69) is 9.98 Å². The van der Waals surface area contributed by atoms with Crippen LogP contribution in [-0.4, -0.2) is 53.3 Å². The first kappa shape index (κ1) is 24.9. The molecule has 0 radical (unpaired) electrons. The van der Waals surface area contributed by atoms with Crippen molar-refractivity contribution in [2.45, 2.75) is 0 Å². The smallest absolute Gasteiger partial charge is 0.287 e. The Kier molecular flexibility index (Phi) is 7.93. The van der Waals surface area contributed by atoms with Gasteiger partial charge in [0.25, 0.3) is 11.6 Å². The number of amides is 1. The predicted octanol–water partition coefficient (Wildman–Crippen LogP) is 5.04. The van der Waals surface area contributed by atoms with Crippen LogP contribution in [0.5, 0.6) is 17.4 Å². The van der Waals surface area contributed by atoms with Gasteiger partial charge in [-0.3, -0.25) is 19.8 Å². The summed E-state index contributed by atoms with van der Waals surface area (Å²) in [6.07, 6.45) is 2.93. The molecule has 1 aliphatic rings. The highest BCUT2D eigenvalue weighted by Gasteiger charge is 2.33. The third kappa shape index (κ3) is 6.06. The number of nitro groups is 1. The van der Waals surface area contributed by atoms with Crippen molar-refractivity contribution in [1.29, 1.82) is 0 Å². The molecule has 1 amide bonds. The Morgan fingerprint density at radius 3 is 2.39 bits per heavy atom. The highest BCUT2D eigenvalue weighted by molar-refractivity contribution is 8.18. The first-order valence-corrected chi connectivity index (χ1v) is 11.6. The van der Waals surface area contributed by atoms with Gasteiger partial charge in [-0.25, -0.2) is 9.98 Å². The summed E-state index contributed by atoms with van der Waals surface area (Å²) in [6.45, 7) is 0.758. The van der Waals surface area contributed by atoms with Gasteiger partial charge < -0.3 is 14.2 Å². The summed E-state index contributed by atoms with van der Waals surface area (Å²) in [6, 6.07) is 17.1. The second-order valence-corrected chi connectivity index (χ2v) is 8.44. The number of hydrogen-bond donors (Lipinski definition) is 0. The Hall–Kier alpha value is -4.22. The lowest BCUT2D eigenvalue weighted by atomic mass is 10.2. The topological polar surface area (TPSA) is 116 Å².